The molecule has 0 spiro atoms. The van der Waals surface area contributed by atoms with Crippen LogP contribution in [0.4, 0.5) is 5.69 Å². The van der Waals surface area contributed by atoms with Gasteiger partial charge in [0.15, 0.2) is 5.78 Å². The Morgan fingerprint density at radius 2 is 1.58 bits per heavy atom. The van der Waals surface area contributed by atoms with Gasteiger partial charge < -0.3 is 10.2 Å². The van der Waals surface area contributed by atoms with Gasteiger partial charge in [0, 0.05) is 43.0 Å². The first-order valence-corrected chi connectivity index (χ1v) is 8.59. The highest BCUT2D eigenvalue weighted by molar-refractivity contribution is 5.94. The summed E-state index contributed by atoms with van der Waals surface area (Å²) in [6, 6.07) is 7.64. The Morgan fingerprint density at radius 1 is 1.04 bits per heavy atom. The first-order valence-electron chi connectivity index (χ1n) is 8.59. The lowest BCUT2D eigenvalue weighted by Gasteiger charge is -2.39. The molecule has 1 aliphatic rings. The van der Waals surface area contributed by atoms with Crippen molar-refractivity contribution in [1.82, 2.24) is 10.2 Å². The number of nitrogens with one attached hydrogen (secondary N) is 1. The van der Waals surface area contributed by atoms with E-state index in [-0.39, 0.29) is 23.3 Å². The van der Waals surface area contributed by atoms with Crippen LogP contribution in [-0.2, 0) is 4.79 Å². The molecule has 1 N–H and O–H groups in total. The summed E-state index contributed by atoms with van der Waals surface area (Å²) in [6.45, 7) is 13.0. The lowest BCUT2D eigenvalue weighted by atomic mass is 10.1. The maximum Gasteiger partial charge on any atom is 0.237 e. The van der Waals surface area contributed by atoms with Gasteiger partial charge in [0.2, 0.25) is 5.91 Å². The smallest absolute Gasteiger partial charge is 0.237 e. The van der Waals surface area contributed by atoms with Crippen LogP contribution in [0.1, 0.15) is 45.0 Å². The van der Waals surface area contributed by atoms with Crippen LogP contribution < -0.4 is 10.2 Å². The SMILES string of the molecule is CC(=O)c1ccc(N2CCN(C(C)C(=O)NC(C)(C)C)CC2)cc1. The minimum Gasteiger partial charge on any atom is -0.369 e. The second-order valence-electron chi connectivity index (χ2n) is 7.54. The standard InChI is InChI=1S/C19H29N3O2/c1-14(18(24)20-19(3,4)5)21-10-12-22(13-11-21)17-8-6-16(7-9-17)15(2)23/h6-9,14H,10-13H2,1-5H3,(H,20,24). The fourth-order valence-corrected chi connectivity index (χ4v) is 2.91. The summed E-state index contributed by atoms with van der Waals surface area (Å²) < 4.78 is 0. The van der Waals surface area contributed by atoms with Crippen molar-refractivity contribution >= 4 is 17.4 Å². The minimum atomic E-state index is -0.203. The van der Waals surface area contributed by atoms with Crippen molar-refractivity contribution in [2.75, 3.05) is 31.1 Å². The van der Waals surface area contributed by atoms with Gasteiger partial charge in [0.05, 0.1) is 6.04 Å². The van der Waals surface area contributed by atoms with Crippen molar-refractivity contribution in [1.29, 1.82) is 0 Å². The van der Waals surface area contributed by atoms with Crippen LogP contribution in [0.3, 0.4) is 0 Å². The fraction of sp³-hybridized carbons (Fsp3) is 0.579. The third-order valence-electron chi connectivity index (χ3n) is 4.38. The van der Waals surface area contributed by atoms with Crippen LogP contribution in [0.15, 0.2) is 24.3 Å². The predicted molar refractivity (Wildman–Crippen MR) is 97.6 cm³/mol. The summed E-state index contributed by atoms with van der Waals surface area (Å²) >= 11 is 0. The normalized spacial score (nSPS) is 17.5. The van der Waals surface area contributed by atoms with E-state index in [0.717, 1.165) is 37.4 Å². The molecule has 1 aliphatic heterocycles. The van der Waals surface area contributed by atoms with E-state index >= 15 is 0 Å². The van der Waals surface area contributed by atoms with Crippen LogP contribution in [0.2, 0.25) is 0 Å². The molecule has 1 fully saturated rings. The Morgan fingerprint density at radius 3 is 2.04 bits per heavy atom. The lowest BCUT2D eigenvalue weighted by molar-refractivity contribution is -0.127. The van der Waals surface area contributed by atoms with Crippen molar-refractivity contribution in [2.45, 2.75) is 46.2 Å². The Balaban J connectivity index is 1.91. The molecule has 5 heteroatoms. The number of amides is 1. The van der Waals surface area contributed by atoms with Gasteiger partial charge in [-0.2, -0.15) is 0 Å². The van der Waals surface area contributed by atoms with E-state index in [9.17, 15) is 9.59 Å². The highest BCUT2D eigenvalue weighted by atomic mass is 16.2. The number of carbonyl (C=O) groups is 2. The molecular weight excluding hydrogens is 302 g/mol. The molecule has 2 rings (SSSR count). The molecule has 132 valence electrons. The maximum absolute atomic E-state index is 12.3. The number of anilines is 1. The van der Waals surface area contributed by atoms with Gasteiger partial charge in [-0.05, 0) is 58.9 Å². The molecule has 24 heavy (non-hydrogen) atoms. The fourth-order valence-electron chi connectivity index (χ4n) is 2.91. The number of carbonyl (C=O) groups excluding carboxylic acids is 2. The third-order valence-corrected chi connectivity index (χ3v) is 4.38. The summed E-state index contributed by atoms with van der Waals surface area (Å²) in [6.07, 6.45) is 0. The summed E-state index contributed by atoms with van der Waals surface area (Å²) in [5, 5.41) is 3.05. The van der Waals surface area contributed by atoms with Gasteiger partial charge in [0.1, 0.15) is 0 Å². The van der Waals surface area contributed by atoms with E-state index in [0.29, 0.717) is 0 Å². The highest BCUT2D eigenvalue weighted by Crippen LogP contribution is 2.18. The van der Waals surface area contributed by atoms with Gasteiger partial charge in [-0.15, -0.1) is 0 Å². The highest BCUT2D eigenvalue weighted by Gasteiger charge is 2.27. The number of benzene rings is 1. The van der Waals surface area contributed by atoms with E-state index in [1.807, 2.05) is 52.0 Å². The average molecular weight is 331 g/mol. The van der Waals surface area contributed by atoms with E-state index < -0.39 is 0 Å². The zero-order chi connectivity index (χ0) is 17.9. The van der Waals surface area contributed by atoms with Gasteiger partial charge in [-0.25, -0.2) is 0 Å². The molecule has 0 radical (unpaired) electrons. The number of hydrogen-bond acceptors (Lipinski definition) is 4. The van der Waals surface area contributed by atoms with Crippen LogP contribution in [0.25, 0.3) is 0 Å². The summed E-state index contributed by atoms with van der Waals surface area (Å²) in [7, 11) is 0. The topological polar surface area (TPSA) is 52.7 Å². The second kappa shape index (κ2) is 7.34. The largest absolute Gasteiger partial charge is 0.369 e. The van der Waals surface area contributed by atoms with Crippen LogP contribution in [0, 0.1) is 0 Å². The van der Waals surface area contributed by atoms with Gasteiger partial charge in [-0.1, -0.05) is 0 Å². The molecule has 1 saturated heterocycles. The Hall–Kier alpha value is -1.88. The first-order chi connectivity index (χ1) is 11.2. The van der Waals surface area contributed by atoms with Crippen LogP contribution in [0.5, 0.6) is 0 Å². The van der Waals surface area contributed by atoms with Crippen molar-refractivity contribution < 1.29 is 9.59 Å². The molecule has 0 aromatic heterocycles. The summed E-state index contributed by atoms with van der Waals surface area (Å²) in [4.78, 5) is 28.2. The lowest BCUT2D eigenvalue weighted by Crippen LogP contribution is -2.56. The maximum atomic E-state index is 12.3. The number of ketones is 1. The molecule has 1 aromatic rings. The van der Waals surface area contributed by atoms with Crippen molar-refractivity contribution in [3.8, 4) is 0 Å². The second-order valence-corrected chi connectivity index (χ2v) is 7.54. The molecule has 1 atom stereocenters. The van der Waals surface area contributed by atoms with E-state index in [4.69, 9.17) is 0 Å². The molecule has 0 aliphatic carbocycles. The molecule has 0 bridgehead atoms. The van der Waals surface area contributed by atoms with Gasteiger partial charge >= 0.3 is 0 Å². The molecule has 1 unspecified atom stereocenters. The molecule has 0 saturated carbocycles. The zero-order valence-corrected chi connectivity index (χ0v) is 15.4. The van der Waals surface area contributed by atoms with E-state index in [1.54, 1.807) is 6.92 Å². The Labute approximate surface area is 145 Å². The van der Waals surface area contributed by atoms with Crippen LogP contribution in [-0.4, -0.2) is 54.4 Å². The monoisotopic (exact) mass is 331 g/mol. The van der Waals surface area contributed by atoms with Gasteiger partial charge in [0.25, 0.3) is 0 Å². The Bertz CT molecular complexity index is 582. The number of hydrogen-bond donors (Lipinski definition) is 1. The predicted octanol–water partition coefficient (Wildman–Crippen LogP) is 2.31. The van der Waals surface area contributed by atoms with Crippen molar-refractivity contribution in [3.63, 3.8) is 0 Å². The average Bonchev–Trinajstić information content (AvgIpc) is 2.53. The van der Waals surface area contributed by atoms with E-state index in [2.05, 4.69) is 15.1 Å². The molecular formula is C19H29N3O2. The summed E-state index contributed by atoms with van der Waals surface area (Å²) in [5.41, 5.74) is 1.67. The van der Waals surface area contributed by atoms with Crippen LogP contribution >= 0.6 is 0 Å². The quantitative estimate of drug-likeness (QED) is 0.860. The Kier molecular flexibility index (Phi) is 5.65. The first kappa shape index (κ1) is 18.5. The summed E-state index contributed by atoms with van der Waals surface area (Å²) in [5.74, 6) is 0.173. The van der Waals surface area contributed by atoms with Crippen molar-refractivity contribution in [2.24, 2.45) is 0 Å². The number of piperazine rings is 1. The van der Waals surface area contributed by atoms with Crippen molar-refractivity contribution in [3.05, 3.63) is 29.8 Å². The third kappa shape index (κ3) is 4.81. The number of rotatable bonds is 4. The molecule has 1 amide bonds. The minimum absolute atomic E-state index is 0.0850. The zero-order valence-electron chi connectivity index (χ0n) is 15.4. The molecule has 1 aromatic carbocycles. The molecule has 1 heterocycles. The van der Waals surface area contributed by atoms with Gasteiger partial charge in [-0.3, -0.25) is 14.5 Å². The number of Topliss-reactive ketones (excluding diaryl/α,β-unsaturated/α-hetero) is 1. The molecule has 5 nitrogen and oxygen atoms in total. The number of nitrogens with zero attached hydrogens (tertiary/aromatic N) is 2. The van der Waals surface area contributed by atoms with E-state index in [1.165, 1.54) is 0 Å².